The molecule has 0 aliphatic carbocycles. The molecule has 23 heavy (non-hydrogen) atoms. The zero-order valence-electron chi connectivity index (χ0n) is 14.0. The summed E-state index contributed by atoms with van der Waals surface area (Å²) < 4.78 is 0. The van der Waals surface area contributed by atoms with Crippen LogP contribution in [-0.4, -0.2) is 59.3 Å². The molecule has 0 bridgehead atoms. The van der Waals surface area contributed by atoms with Gasteiger partial charge in [0, 0.05) is 51.0 Å². The van der Waals surface area contributed by atoms with Crippen LogP contribution in [0, 0.1) is 5.92 Å². The summed E-state index contributed by atoms with van der Waals surface area (Å²) in [5.74, 6) is -0.0811. The van der Waals surface area contributed by atoms with Crippen molar-refractivity contribution in [2.24, 2.45) is 5.92 Å². The predicted octanol–water partition coefficient (Wildman–Crippen LogP) is 0.888. The molecule has 1 unspecified atom stereocenters. The van der Waals surface area contributed by atoms with Crippen molar-refractivity contribution >= 4 is 11.8 Å². The number of rotatable bonds is 6. The standard InChI is InChI=1S/C17H26N4O2/c1-3-14(2)17(23)19-12-16(22)21-10-8-20(9-11-21)13-15-4-6-18-7-5-15/h4-7,14H,3,8-13H2,1-2H3,(H,19,23). The van der Waals surface area contributed by atoms with Crippen molar-refractivity contribution in [1.29, 1.82) is 0 Å². The first-order valence-electron chi connectivity index (χ1n) is 8.27. The first kappa shape index (κ1) is 17.4. The summed E-state index contributed by atoms with van der Waals surface area (Å²) in [4.78, 5) is 32.1. The number of hydrogen-bond acceptors (Lipinski definition) is 4. The number of carbonyl (C=O) groups excluding carboxylic acids is 2. The maximum absolute atomic E-state index is 12.2. The highest BCUT2D eigenvalue weighted by atomic mass is 16.2. The number of amides is 2. The Labute approximate surface area is 137 Å². The Morgan fingerprint density at radius 3 is 2.48 bits per heavy atom. The van der Waals surface area contributed by atoms with E-state index >= 15 is 0 Å². The van der Waals surface area contributed by atoms with E-state index in [4.69, 9.17) is 0 Å². The zero-order valence-corrected chi connectivity index (χ0v) is 14.0. The molecule has 1 saturated heterocycles. The lowest BCUT2D eigenvalue weighted by molar-refractivity contribution is -0.135. The van der Waals surface area contributed by atoms with Gasteiger partial charge in [0.15, 0.2) is 0 Å². The van der Waals surface area contributed by atoms with Crippen LogP contribution in [0.25, 0.3) is 0 Å². The van der Waals surface area contributed by atoms with Gasteiger partial charge >= 0.3 is 0 Å². The van der Waals surface area contributed by atoms with Crippen LogP contribution >= 0.6 is 0 Å². The van der Waals surface area contributed by atoms with E-state index in [2.05, 4.69) is 15.2 Å². The first-order valence-corrected chi connectivity index (χ1v) is 8.27. The lowest BCUT2D eigenvalue weighted by atomic mass is 10.1. The van der Waals surface area contributed by atoms with Gasteiger partial charge in [-0.25, -0.2) is 0 Å². The average molecular weight is 318 g/mol. The van der Waals surface area contributed by atoms with Crippen molar-refractivity contribution in [3.63, 3.8) is 0 Å². The lowest BCUT2D eigenvalue weighted by Crippen LogP contribution is -2.51. The van der Waals surface area contributed by atoms with E-state index in [9.17, 15) is 9.59 Å². The monoisotopic (exact) mass is 318 g/mol. The molecular weight excluding hydrogens is 292 g/mol. The lowest BCUT2D eigenvalue weighted by Gasteiger charge is -2.34. The Bertz CT molecular complexity index is 513. The van der Waals surface area contributed by atoms with Crippen molar-refractivity contribution < 1.29 is 9.59 Å². The van der Waals surface area contributed by atoms with E-state index in [1.165, 1.54) is 5.56 Å². The molecule has 6 heteroatoms. The van der Waals surface area contributed by atoms with Crippen LogP contribution in [0.5, 0.6) is 0 Å². The molecule has 1 fully saturated rings. The van der Waals surface area contributed by atoms with Gasteiger partial charge in [-0.3, -0.25) is 19.5 Å². The van der Waals surface area contributed by atoms with Crippen LogP contribution in [0.15, 0.2) is 24.5 Å². The Hall–Kier alpha value is -1.95. The maximum Gasteiger partial charge on any atom is 0.242 e. The van der Waals surface area contributed by atoms with Gasteiger partial charge in [0.05, 0.1) is 6.54 Å². The third kappa shape index (κ3) is 5.32. The zero-order chi connectivity index (χ0) is 16.7. The van der Waals surface area contributed by atoms with Gasteiger partial charge in [-0.15, -0.1) is 0 Å². The van der Waals surface area contributed by atoms with Crippen LogP contribution < -0.4 is 5.32 Å². The van der Waals surface area contributed by atoms with E-state index in [0.29, 0.717) is 13.1 Å². The summed E-state index contributed by atoms with van der Waals surface area (Å²) in [7, 11) is 0. The summed E-state index contributed by atoms with van der Waals surface area (Å²) in [5.41, 5.74) is 1.24. The fraction of sp³-hybridized carbons (Fsp3) is 0.588. The van der Waals surface area contributed by atoms with Crippen molar-refractivity contribution in [3.8, 4) is 0 Å². The molecule has 126 valence electrons. The van der Waals surface area contributed by atoms with Gasteiger partial charge in [0.2, 0.25) is 11.8 Å². The van der Waals surface area contributed by atoms with Gasteiger partial charge < -0.3 is 10.2 Å². The molecular formula is C17H26N4O2. The van der Waals surface area contributed by atoms with E-state index in [1.54, 1.807) is 12.4 Å². The summed E-state index contributed by atoms with van der Waals surface area (Å²) in [6.07, 6.45) is 4.39. The number of nitrogens with zero attached hydrogens (tertiary/aromatic N) is 3. The van der Waals surface area contributed by atoms with Crippen LogP contribution in [0.3, 0.4) is 0 Å². The Balaban J connectivity index is 1.71. The average Bonchev–Trinajstić information content (AvgIpc) is 2.60. The normalized spacial score (nSPS) is 16.9. The fourth-order valence-corrected chi connectivity index (χ4v) is 2.54. The molecule has 1 N–H and O–H groups in total. The molecule has 1 atom stereocenters. The fourth-order valence-electron chi connectivity index (χ4n) is 2.54. The predicted molar refractivity (Wildman–Crippen MR) is 88.6 cm³/mol. The topological polar surface area (TPSA) is 65.5 Å². The van der Waals surface area contributed by atoms with E-state index < -0.39 is 0 Å². The largest absolute Gasteiger partial charge is 0.347 e. The molecule has 2 amide bonds. The molecule has 1 aliphatic rings. The third-order valence-electron chi connectivity index (χ3n) is 4.35. The van der Waals surface area contributed by atoms with E-state index in [-0.39, 0.29) is 24.3 Å². The summed E-state index contributed by atoms with van der Waals surface area (Å²) in [6.45, 7) is 7.96. The highest BCUT2D eigenvalue weighted by Gasteiger charge is 2.21. The Morgan fingerprint density at radius 1 is 1.22 bits per heavy atom. The summed E-state index contributed by atoms with van der Waals surface area (Å²) >= 11 is 0. The van der Waals surface area contributed by atoms with Crippen molar-refractivity contribution in [1.82, 2.24) is 20.1 Å². The van der Waals surface area contributed by atoms with Crippen molar-refractivity contribution in [3.05, 3.63) is 30.1 Å². The van der Waals surface area contributed by atoms with Gasteiger partial charge in [-0.2, -0.15) is 0 Å². The third-order valence-corrected chi connectivity index (χ3v) is 4.35. The molecule has 2 heterocycles. The van der Waals surface area contributed by atoms with Gasteiger partial charge in [-0.1, -0.05) is 13.8 Å². The Kier molecular flexibility index (Phi) is 6.52. The van der Waals surface area contributed by atoms with Crippen molar-refractivity contribution in [2.75, 3.05) is 32.7 Å². The highest BCUT2D eigenvalue weighted by molar-refractivity contribution is 5.85. The molecule has 1 aliphatic heterocycles. The molecule has 2 rings (SSSR count). The summed E-state index contributed by atoms with van der Waals surface area (Å²) in [5, 5.41) is 2.73. The molecule has 0 saturated carbocycles. The Morgan fingerprint density at radius 2 is 1.87 bits per heavy atom. The van der Waals surface area contributed by atoms with Crippen LogP contribution in [0.4, 0.5) is 0 Å². The summed E-state index contributed by atoms with van der Waals surface area (Å²) in [6, 6.07) is 4.03. The number of pyridine rings is 1. The maximum atomic E-state index is 12.2. The first-order chi connectivity index (χ1) is 11.1. The number of aromatic nitrogens is 1. The molecule has 1 aromatic heterocycles. The number of carbonyl (C=O) groups is 2. The van der Waals surface area contributed by atoms with Gasteiger partial charge in [-0.05, 0) is 24.1 Å². The van der Waals surface area contributed by atoms with Gasteiger partial charge in [0.25, 0.3) is 0 Å². The number of hydrogen-bond donors (Lipinski definition) is 1. The minimum Gasteiger partial charge on any atom is -0.347 e. The molecule has 6 nitrogen and oxygen atoms in total. The van der Waals surface area contributed by atoms with E-state index in [1.807, 2.05) is 30.9 Å². The second kappa shape index (κ2) is 8.62. The van der Waals surface area contributed by atoms with Crippen LogP contribution in [0.1, 0.15) is 25.8 Å². The second-order valence-corrected chi connectivity index (χ2v) is 6.04. The van der Waals surface area contributed by atoms with Crippen LogP contribution in [0.2, 0.25) is 0 Å². The molecule has 0 aromatic carbocycles. The minimum absolute atomic E-state index is 0.00483. The quantitative estimate of drug-likeness (QED) is 0.846. The highest BCUT2D eigenvalue weighted by Crippen LogP contribution is 2.08. The molecule has 0 radical (unpaired) electrons. The smallest absolute Gasteiger partial charge is 0.242 e. The number of nitrogens with one attached hydrogen (secondary N) is 1. The number of piperazine rings is 1. The van der Waals surface area contributed by atoms with Gasteiger partial charge in [0.1, 0.15) is 0 Å². The molecule has 1 aromatic rings. The van der Waals surface area contributed by atoms with Crippen LogP contribution in [-0.2, 0) is 16.1 Å². The minimum atomic E-state index is -0.0443. The van der Waals surface area contributed by atoms with Crippen molar-refractivity contribution in [2.45, 2.75) is 26.8 Å². The SMILES string of the molecule is CCC(C)C(=O)NCC(=O)N1CCN(Cc2ccncc2)CC1. The molecule has 0 spiro atoms. The second-order valence-electron chi connectivity index (χ2n) is 6.04. The van der Waals surface area contributed by atoms with E-state index in [0.717, 1.165) is 26.1 Å².